The van der Waals surface area contributed by atoms with Crippen molar-refractivity contribution >= 4 is 0 Å². The monoisotopic (exact) mass is 716 g/mol. The maximum atomic E-state index is 10.1. The Morgan fingerprint density at radius 3 is 1.68 bits per heavy atom. The van der Waals surface area contributed by atoms with E-state index in [1.54, 1.807) is 0 Å². The minimum absolute atomic E-state index is 0.0416. The van der Waals surface area contributed by atoms with E-state index in [1.165, 1.54) is 135 Å². The number of aliphatic hydroxyl groups is 5. The summed E-state index contributed by atoms with van der Waals surface area (Å²) in [5.41, 5.74) is 6.15. The minimum Gasteiger partial charge on any atom is -0.394 e. The van der Waals surface area contributed by atoms with Crippen molar-refractivity contribution in [2.45, 2.75) is 223 Å². The highest BCUT2D eigenvalue weighted by molar-refractivity contribution is 4.90. The van der Waals surface area contributed by atoms with E-state index in [1.807, 2.05) is 0 Å². The smallest absolute Gasteiger partial charge is 0.186 e. The zero-order valence-electron chi connectivity index (χ0n) is 32.4. The summed E-state index contributed by atoms with van der Waals surface area (Å²) < 4.78 is 15.9. The highest BCUT2D eigenvalue weighted by Crippen LogP contribution is 2.41. The number of aliphatic hydroxyl groups excluding tert-OH is 5. The first-order valence-electron chi connectivity index (χ1n) is 21.2. The number of ether oxygens (including phenoxy) is 3. The van der Waals surface area contributed by atoms with Crippen molar-refractivity contribution in [1.29, 1.82) is 0 Å². The van der Waals surface area contributed by atoms with Gasteiger partial charge < -0.3 is 45.5 Å². The van der Waals surface area contributed by atoms with E-state index >= 15 is 0 Å². The Morgan fingerprint density at radius 2 is 1.20 bits per heavy atom. The van der Waals surface area contributed by atoms with Crippen LogP contribution in [0.1, 0.15) is 181 Å². The van der Waals surface area contributed by atoms with Crippen molar-refractivity contribution in [2.75, 3.05) is 26.4 Å². The molecule has 1 aliphatic carbocycles. The Bertz CT molecular complexity index is 784. The van der Waals surface area contributed by atoms with Crippen LogP contribution in [0.2, 0.25) is 0 Å². The Kier molecular flexibility index (Phi) is 25.8. The lowest BCUT2D eigenvalue weighted by molar-refractivity contribution is -0.301. The molecule has 0 radical (unpaired) electrons. The van der Waals surface area contributed by atoms with E-state index in [0.29, 0.717) is 6.42 Å². The normalized spacial score (nSPS) is 27.7. The highest BCUT2D eigenvalue weighted by Gasteiger charge is 2.44. The summed E-state index contributed by atoms with van der Waals surface area (Å²) in [5, 5.41) is 48.7. The van der Waals surface area contributed by atoms with E-state index < -0.39 is 43.4 Å². The molecule has 2 saturated heterocycles. The van der Waals surface area contributed by atoms with Gasteiger partial charge in [-0.15, -0.1) is 0 Å². The Labute approximate surface area is 306 Å². The molecule has 2 heterocycles. The molecule has 0 spiro atoms. The molecule has 50 heavy (non-hydrogen) atoms. The van der Waals surface area contributed by atoms with Crippen LogP contribution in [0.15, 0.2) is 0 Å². The topological polar surface area (TPSA) is 155 Å². The fourth-order valence-corrected chi connectivity index (χ4v) is 7.32. The third kappa shape index (κ3) is 20.8. The molecule has 0 bridgehead atoms. The second kappa shape index (κ2) is 28.1. The zero-order chi connectivity index (χ0) is 36.5. The van der Waals surface area contributed by atoms with Gasteiger partial charge in [-0.05, 0) is 37.5 Å². The first-order valence-corrected chi connectivity index (χ1v) is 21.2. The molecule has 298 valence electrons. The molecule has 0 aromatic carbocycles. The van der Waals surface area contributed by atoms with Gasteiger partial charge in [-0.2, -0.15) is 0 Å². The maximum absolute atomic E-state index is 10.1. The third-order valence-electron chi connectivity index (χ3n) is 11.3. The van der Waals surface area contributed by atoms with Gasteiger partial charge in [0.2, 0.25) is 0 Å². The van der Waals surface area contributed by atoms with Crippen LogP contribution in [0.4, 0.5) is 0 Å². The molecule has 9 heteroatoms. The van der Waals surface area contributed by atoms with Gasteiger partial charge in [-0.3, -0.25) is 0 Å². The molecular formula is C41H81NO8. The summed E-state index contributed by atoms with van der Waals surface area (Å²) in [5.74, 6) is 2.14. The quantitative estimate of drug-likeness (QED) is 0.0420. The summed E-state index contributed by atoms with van der Waals surface area (Å²) in [7, 11) is 0. The summed E-state index contributed by atoms with van der Waals surface area (Å²) in [6.07, 6.45) is 26.7. The van der Waals surface area contributed by atoms with Gasteiger partial charge >= 0.3 is 0 Å². The number of rotatable bonds is 30. The van der Waals surface area contributed by atoms with Crippen molar-refractivity contribution in [2.24, 2.45) is 17.6 Å². The van der Waals surface area contributed by atoms with Crippen LogP contribution >= 0.6 is 0 Å². The summed E-state index contributed by atoms with van der Waals surface area (Å²) in [6.45, 7) is 5.91. The number of hydrogen-bond acceptors (Lipinski definition) is 9. The first kappa shape index (κ1) is 45.8. The van der Waals surface area contributed by atoms with Crippen molar-refractivity contribution in [3.05, 3.63) is 0 Å². The van der Waals surface area contributed by atoms with Crippen LogP contribution in [0, 0.1) is 11.8 Å². The molecule has 8 unspecified atom stereocenters. The lowest BCUT2D eigenvalue weighted by Gasteiger charge is -2.39. The maximum Gasteiger partial charge on any atom is 0.186 e. The second-order valence-electron chi connectivity index (χ2n) is 16.2. The molecule has 3 rings (SSSR count). The third-order valence-corrected chi connectivity index (χ3v) is 11.3. The lowest BCUT2D eigenvalue weighted by atomic mass is 9.91. The molecule has 2 aliphatic heterocycles. The molecule has 0 aromatic heterocycles. The zero-order valence-corrected chi connectivity index (χ0v) is 32.4. The van der Waals surface area contributed by atoms with E-state index in [9.17, 15) is 25.5 Å². The SMILES string of the molecule is CC1CC1CCCCCCCCCCC1(N)COC1.CCCCCCCCCCCCCCCC(O)CCOC1OC(CO)C(O)C(O)C1O. The average molecular weight is 716 g/mol. The second-order valence-corrected chi connectivity index (χ2v) is 16.2. The standard InChI is InChI=1S/C24H48O7.C17H33NO/c1-2-3-4-5-6-7-8-9-10-11-12-13-14-15-19(26)16-17-30-24-23(29)22(28)21(27)20(18-25)31-24;1-15-12-16(15)10-8-6-4-2-3-5-7-9-11-17(18)13-19-14-17/h19-29H,2-18H2,1H3;15-16H,2-14,18H2,1H3. The van der Waals surface area contributed by atoms with Crippen molar-refractivity contribution in [1.82, 2.24) is 0 Å². The molecule has 0 amide bonds. The molecule has 8 atom stereocenters. The fourth-order valence-electron chi connectivity index (χ4n) is 7.32. The molecular weight excluding hydrogens is 634 g/mol. The van der Waals surface area contributed by atoms with Crippen LogP contribution in [0.5, 0.6) is 0 Å². The summed E-state index contributed by atoms with van der Waals surface area (Å²) >= 11 is 0. The van der Waals surface area contributed by atoms with Crippen molar-refractivity contribution < 1.29 is 39.7 Å². The van der Waals surface area contributed by atoms with Gasteiger partial charge in [0.25, 0.3) is 0 Å². The summed E-state index contributed by atoms with van der Waals surface area (Å²) in [4.78, 5) is 0. The van der Waals surface area contributed by atoms with E-state index in [0.717, 1.165) is 50.7 Å². The van der Waals surface area contributed by atoms with Gasteiger partial charge in [-0.25, -0.2) is 0 Å². The van der Waals surface area contributed by atoms with Crippen molar-refractivity contribution in [3.8, 4) is 0 Å². The lowest BCUT2D eigenvalue weighted by Crippen LogP contribution is -2.59. The minimum atomic E-state index is -1.44. The first-order chi connectivity index (χ1) is 24.2. The Morgan fingerprint density at radius 1 is 0.700 bits per heavy atom. The largest absolute Gasteiger partial charge is 0.394 e. The van der Waals surface area contributed by atoms with Crippen LogP contribution < -0.4 is 5.73 Å². The molecule has 0 aromatic rings. The molecule has 1 saturated carbocycles. The Balaban J connectivity index is 0.000000387. The fraction of sp³-hybridized carbons (Fsp3) is 1.00. The van der Waals surface area contributed by atoms with Crippen LogP contribution in [0.3, 0.4) is 0 Å². The van der Waals surface area contributed by atoms with Crippen LogP contribution in [0.25, 0.3) is 0 Å². The van der Waals surface area contributed by atoms with Crippen molar-refractivity contribution in [3.63, 3.8) is 0 Å². The predicted molar refractivity (Wildman–Crippen MR) is 202 cm³/mol. The average Bonchev–Trinajstić information content (AvgIpc) is 3.81. The number of unbranched alkanes of at least 4 members (excludes halogenated alkanes) is 19. The van der Waals surface area contributed by atoms with E-state index in [2.05, 4.69) is 13.8 Å². The molecule has 9 nitrogen and oxygen atoms in total. The molecule has 3 aliphatic rings. The molecule has 3 fully saturated rings. The predicted octanol–water partition coefficient (Wildman–Crippen LogP) is 7.31. The number of nitrogens with two attached hydrogens (primary N) is 1. The summed E-state index contributed by atoms with van der Waals surface area (Å²) in [6, 6.07) is 0. The number of hydrogen-bond donors (Lipinski definition) is 6. The Hall–Kier alpha value is -0.360. The van der Waals surface area contributed by atoms with E-state index in [4.69, 9.17) is 19.9 Å². The highest BCUT2D eigenvalue weighted by atomic mass is 16.7. The van der Waals surface area contributed by atoms with Crippen LogP contribution in [-0.4, -0.2) is 94.3 Å². The van der Waals surface area contributed by atoms with Gasteiger partial charge in [0, 0.05) is 0 Å². The molecule has 7 N–H and O–H groups in total. The van der Waals surface area contributed by atoms with Gasteiger partial charge in [0.05, 0.1) is 38.1 Å². The van der Waals surface area contributed by atoms with E-state index in [-0.39, 0.29) is 12.1 Å². The van der Waals surface area contributed by atoms with Gasteiger partial charge in [-0.1, -0.05) is 155 Å². The van der Waals surface area contributed by atoms with Gasteiger partial charge in [0.15, 0.2) is 6.29 Å². The van der Waals surface area contributed by atoms with Gasteiger partial charge in [0.1, 0.15) is 24.4 Å². The van der Waals surface area contributed by atoms with Crippen LogP contribution in [-0.2, 0) is 14.2 Å².